The lowest BCUT2D eigenvalue weighted by Gasteiger charge is -2.07. The van der Waals surface area contributed by atoms with E-state index >= 15 is 0 Å². The summed E-state index contributed by atoms with van der Waals surface area (Å²) in [4.78, 5) is 12.0. The number of carbonyl (C=O) groups excluding carboxylic acids is 1. The zero-order valence-electron chi connectivity index (χ0n) is 12.2. The quantitative estimate of drug-likeness (QED) is 0.653. The molecule has 1 aromatic heterocycles. The standard InChI is InChI=1S/C15H14Cl2N2O3/c1-7-4-12(9(3)22-7)15(21)19-18-8(2)11-5-10(16)6-13(17)14(11)20/h4-6,20H,1-3H3,(H,19,21). The Kier molecular flexibility index (Phi) is 4.78. The number of nitrogens with zero attached hydrogens (tertiary/aromatic N) is 1. The maximum Gasteiger partial charge on any atom is 0.274 e. The van der Waals surface area contributed by atoms with E-state index in [1.165, 1.54) is 12.1 Å². The molecule has 0 fully saturated rings. The highest BCUT2D eigenvalue weighted by molar-refractivity contribution is 6.36. The number of phenols is 1. The van der Waals surface area contributed by atoms with Crippen LogP contribution >= 0.6 is 23.2 Å². The lowest BCUT2D eigenvalue weighted by molar-refractivity contribution is 0.0953. The summed E-state index contributed by atoms with van der Waals surface area (Å²) < 4.78 is 5.29. The number of hydrogen-bond acceptors (Lipinski definition) is 4. The van der Waals surface area contributed by atoms with Crippen LogP contribution in [0.4, 0.5) is 0 Å². The minimum Gasteiger partial charge on any atom is -0.506 e. The first-order valence-corrected chi connectivity index (χ1v) is 7.15. The molecular formula is C15H14Cl2N2O3. The molecule has 5 nitrogen and oxygen atoms in total. The van der Waals surface area contributed by atoms with Gasteiger partial charge in [0.25, 0.3) is 5.91 Å². The summed E-state index contributed by atoms with van der Waals surface area (Å²) in [5.74, 6) is 0.609. The molecule has 2 N–H and O–H groups in total. The van der Waals surface area contributed by atoms with Crippen molar-refractivity contribution in [2.45, 2.75) is 20.8 Å². The summed E-state index contributed by atoms with van der Waals surface area (Å²) in [6, 6.07) is 4.57. The van der Waals surface area contributed by atoms with E-state index in [4.69, 9.17) is 27.6 Å². The molecule has 0 atom stereocenters. The van der Waals surface area contributed by atoms with Gasteiger partial charge >= 0.3 is 0 Å². The van der Waals surface area contributed by atoms with Crippen molar-refractivity contribution in [3.8, 4) is 5.75 Å². The van der Waals surface area contributed by atoms with Gasteiger partial charge in [0, 0.05) is 10.6 Å². The molecule has 0 unspecified atom stereocenters. The molecule has 1 heterocycles. The second kappa shape index (κ2) is 6.42. The summed E-state index contributed by atoms with van der Waals surface area (Å²) in [7, 11) is 0. The van der Waals surface area contributed by atoms with Crippen molar-refractivity contribution in [1.29, 1.82) is 0 Å². The number of carbonyl (C=O) groups is 1. The van der Waals surface area contributed by atoms with Crippen LogP contribution in [0.15, 0.2) is 27.7 Å². The Labute approximate surface area is 137 Å². The van der Waals surface area contributed by atoms with Crippen molar-refractivity contribution in [3.63, 3.8) is 0 Å². The summed E-state index contributed by atoms with van der Waals surface area (Å²) in [5.41, 5.74) is 3.53. The van der Waals surface area contributed by atoms with Gasteiger partial charge in [0.05, 0.1) is 16.3 Å². The van der Waals surface area contributed by atoms with E-state index in [-0.39, 0.29) is 10.8 Å². The van der Waals surface area contributed by atoms with Gasteiger partial charge < -0.3 is 9.52 Å². The summed E-state index contributed by atoms with van der Waals surface area (Å²) in [6.07, 6.45) is 0. The molecule has 1 aromatic carbocycles. The first kappa shape index (κ1) is 16.4. The Morgan fingerprint density at radius 3 is 2.50 bits per heavy atom. The van der Waals surface area contributed by atoms with Gasteiger partial charge in [0.2, 0.25) is 0 Å². The highest BCUT2D eigenvalue weighted by Crippen LogP contribution is 2.31. The third-order valence-corrected chi connectivity index (χ3v) is 3.54. The molecular weight excluding hydrogens is 327 g/mol. The SMILES string of the molecule is CC(=NNC(=O)c1cc(C)oc1C)c1cc(Cl)cc(Cl)c1O. The van der Waals surface area contributed by atoms with Crippen LogP contribution in [0.2, 0.25) is 10.0 Å². The number of benzene rings is 1. The van der Waals surface area contributed by atoms with E-state index in [0.717, 1.165) is 0 Å². The van der Waals surface area contributed by atoms with Crippen molar-refractivity contribution in [1.82, 2.24) is 5.43 Å². The molecule has 0 aliphatic rings. The molecule has 7 heteroatoms. The highest BCUT2D eigenvalue weighted by atomic mass is 35.5. The van der Waals surface area contributed by atoms with Crippen molar-refractivity contribution >= 4 is 34.8 Å². The van der Waals surface area contributed by atoms with Crippen molar-refractivity contribution in [2.24, 2.45) is 5.10 Å². The van der Waals surface area contributed by atoms with E-state index in [1.807, 2.05) is 0 Å². The topological polar surface area (TPSA) is 74.8 Å². The van der Waals surface area contributed by atoms with Crippen molar-refractivity contribution in [3.05, 3.63) is 50.9 Å². The largest absolute Gasteiger partial charge is 0.506 e. The van der Waals surface area contributed by atoms with Crippen LogP contribution in [0, 0.1) is 13.8 Å². The maximum absolute atomic E-state index is 12.0. The van der Waals surface area contributed by atoms with Gasteiger partial charge in [-0.05, 0) is 39.0 Å². The van der Waals surface area contributed by atoms with Gasteiger partial charge in [-0.1, -0.05) is 23.2 Å². The number of aromatic hydroxyl groups is 1. The van der Waals surface area contributed by atoms with Crippen molar-refractivity contribution < 1.29 is 14.3 Å². The summed E-state index contributed by atoms with van der Waals surface area (Å²) in [6.45, 7) is 5.07. The molecule has 2 aromatic rings. The van der Waals surface area contributed by atoms with E-state index in [0.29, 0.717) is 33.4 Å². The van der Waals surface area contributed by atoms with Gasteiger partial charge in [-0.2, -0.15) is 5.10 Å². The molecule has 0 bridgehead atoms. The van der Waals surface area contributed by atoms with E-state index in [1.54, 1.807) is 26.8 Å². The predicted molar refractivity (Wildman–Crippen MR) is 86.0 cm³/mol. The number of halogens is 2. The summed E-state index contributed by atoms with van der Waals surface area (Å²) >= 11 is 11.8. The minimum absolute atomic E-state index is 0.115. The molecule has 1 amide bonds. The van der Waals surface area contributed by atoms with Crippen LogP contribution in [0.25, 0.3) is 0 Å². The molecule has 0 aliphatic carbocycles. The highest BCUT2D eigenvalue weighted by Gasteiger charge is 2.14. The first-order valence-electron chi connectivity index (χ1n) is 6.39. The second-order valence-corrected chi connectivity index (χ2v) is 5.59. The fraction of sp³-hybridized carbons (Fsp3) is 0.200. The molecule has 0 aliphatic heterocycles. The Morgan fingerprint density at radius 1 is 1.23 bits per heavy atom. The average molecular weight is 341 g/mol. The van der Waals surface area contributed by atoms with E-state index in [2.05, 4.69) is 10.5 Å². The molecule has 2 rings (SSSR count). The van der Waals surface area contributed by atoms with Crippen LogP contribution in [-0.2, 0) is 0 Å². The fourth-order valence-electron chi connectivity index (χ4n) is 1.95. The number of phenolic OH excluding ortho intramolecular Hbond substituents is 1. The van der Waals surface area contributed by atoms with Gasteiger partial charge in [0.1, 0.15) is 17.3 Å². The average Bonchev–Trinajstić information content (AvgIpc) is 2.78. The lowest BCUT2D eigenvalue weighted by atomic mass is 10.1. The first-order chi connectivity index (χ1) is 10.3. The smallest absolute Gasteiger partial charge is 0.274 e. The zero-order chi connectivity index (χ0) is 16.4. The van der Waals surface area contributed by atoms with Crippen LogP contribution in [0.1, 0.15) is 34.4 Å². The number of amides is 1. The normalized spacial score (nSPS) is 11.6. The third-order valence-electron chi connectivity index (χ3n) is 3.03. The Hall–Kier alpha value is -1.98. The van der Waals surface area contributed by atoms with E-state index in [9.17, 15) is 9.90 Å². The number of rotatable bonds is 3. The predicted octanol–water partition coefficient (Wildman–Crippen LogP) is 4.06. The Balaban J connectivity index is 2.23. The monoisotopic (exact) mass is 340 g/mol. The van der Waals surface area contributed by atoms with Gasteiger partial charge in [-0.3, -0.25) is 4.79 Å². The minimum atomic E-state index is -0.402. The third kappa shape index (κ3) is 3.43. The van der Waals surface area contributed by atoms with Crippen molar-refractivity contribution in [2.75, 3.05) is 0 Å². The van der Waals surface area contributed by atoms with Gasteiger partial charge in [-0.25, -0.2) is 5.43 Å². The number of aryl methyl sites for hydroxylation is 2. The van der Waals surface area contributed by atoms with Gasteiger partial charge in [-0.15, -0.1) is 0 Å². The lowest BCUT2D eigenvalue weighted by Crippen LogP contribution is -2.19. The number of hydrogen-bond donors (Lipinski definition) is 2. The molecule has 0 radical (unpaired) electrons. The van der Waals surface area contributed by atoms with Crippen LogP contribution < -0.4 is 5.43 Å². The Morgan fingerprint density at radius 2 is 1.91 bits per heavy atom. The molecule has 22 heavy (non-hydrogen) atoms. The number of nitrogens with one attached hydrogen (secondary N) is 1. The Bertz CT molecular complexity index is 766. The maximum atomic E-state index is 12.0. The fourth-order valence-corrected chi connectivity index (χ4v) is 2.45. The van der Waals surface area contributed by atoms with Crippen LogP contribution in [0.5, 0.6) is 5.75 Å². The van der Waals surface area contributed by atoms with Gasteiger partial charge in [0.15, 0.2) is 0 Å². The summed E-state index contributed by atoms with van der Waals surface area (Å²) in [5, 5.41) is 14.4. The molecule has 0 saturated carbocycles. The number of hydrazone groups is 1. The molecule has 116 valence electrons. The van der Waals surface area contributed by atoms with Crippen LogP contribution in [0.3, 0.4) is 0 Å². The molecule has 0 spiro atoms. The van der Waals surface area contributed by atoms with E-state index < -0.39 is 5.91 Å². The zero-order valence-corrected chi connectivity index (χ0v) is 13.7. The number of furan rings is 1. The second-order valence-electron chi connectivity index (χ2n) is 4.75. The molecule has 0 saturated heterocycles. The van der Waals surface area contributed by atoms with Crippen LogP contribution in [-0.4, -0.2) is 16.7 Å².